The summed E-state index contributed by atoms with van der Waals surface area (Å²) in [6.45, 7) is 16.3. The average Bonchev–Trinajstić information content (AvgIpc) is 2.57. The first-order valence-electron chi connectivity index (χ1n) is 6.58. The van der Waals surface area contributed by atoms with E-state index in [2.05, 4.69) is 55.8 Å². The van der Waals surface area contributed by atoms with Crippen LogP contribution >= 0.6 is 0 Å². The van der Waals surface area contributed by atoms with E-state index < -0.39 is 0 Å². The third-order valence-electron chi connectivity index (χ3n) is 3.52. The maximum absolute atomic E-state index is 4.45. The number of hydrogen-bond acceptors (Lipinski definition) is 2. The largest absolute Gasteiger partial charge is 0.311 e. The molecule has 1 N–H and O–H groups in total. The van der Waals surface area contributed by atoms with Gasteiger partial charge in [-0.25, -0.2) is 0 Å². The van der Waals surface area contributed by atoms with Crippen LogP contribution in [0, 0.1) is 18.3 Å². The molecular weight excluding hydrogens is 210 g/mol. The standard InChI is InChI=1S/C14H27N3/c1-7-17-13(8-12(3)16-17)10-15-9-11(2)14(4,5)6/h8,11,15H,7,9-10H2,1-6H3. The average molecular weight is 237 g/mol. The molecule has 1 rings (SSSR count). The van der Waals surface area contributed by atoms with Crippen LogP contribution in [0.15, 0.2) is 6.07 Å². The molecule has 0 aliphatic rings. The predicted molar refractivity (Wildman–Crippen MR) is 73.0 cm³/mol. The van der Waals surface area contributed by atoms with Gasteiger partial charge in [0.05, 0.1) is 11.4 Å². The third-order valence-corrected chi connectivity index (χ3v) is 3.52. The Kier molecular flexibility index (Phi) is 4.75. The fourth-order valence-corrected chi connectivity index (χ4v) is 1.74. The molecule has 0 bridgehead atoms. The molecule has 0 saturated heterocycles. The summed E-state index contributed by atoms with van der Waals surface area (Å²) in [7, 11) is 0. The van der Waals surface area contributed by atoms with Gasteiger partial charge >= 0.3 is 0 Å². The molecule has 3 nitrogen and oxygen atoms in total. The molecule has 1 atom stereocenters. The predicted octanol–water partition coefficient (Wildman–Crippen LogP) is 2.98. The van der Waals surface area contributed by atoms with Gasteiger partial charge in [0.25, 0.3) is 0 Å². The molecule has 0 radical (unpaired) electrons. The highest BCUT2D eigenvalue weighted by Gasteiger charge is 2.19. The van der Waals surface area contributed by atoms with Crippen molar-refractivity contribution in [2.45, 2.75) is 54.6 Å². The summed E-state index contributed by atoms with van der Waals surface area (Å²) in [5, 5.41) is 7.99. The SMILES string of the molecule is CCn1nc(C)cc1CNCC(C)C(C)(C)C. The molecule has 0 aliphatic heterocycles. The van der Waals surface area contributed by atoms with Crippen molar-refractivity contribution < 1.29 is 0 Å². The van der Waals surface area contributed by atoms with Crippen LogP contribution in [-0.4, -0.2) is 16.3 Å². The zero-order valence-corrected chi connectivity index (χ0v) is 12.2. The van der Waals surface area contributed by atoms with Gasteiger partial charge in [0.1, 0.15) is 0 Å². The van der Waals surface area contributed by atoms with Crippen LogP contribution in [0.1, 0.15) is 46.0 Å². The first-order valence-corrected chi connectivity index (χ1v) is 6.58. The first kappa shape index (κ1) is 14.2. The van der Waals surface area contributed by atoms with Gasteiger partial charge in [-0.05, 0) is 37.8 Å². The monoisotopic (exact) mass is 237 g/mol. The van der Waals surface area contributed by atoms with Crippen LogP contribution in [0.25, 0.3) is 0 Å². The summed E-state index contributed by atoms with van der Waals surface area (Å²) < 4.78 is 2.07. The minimum absolute atomic E-state index is 0.369. The summed E-state index contributed by atoms with van der Waals surface area (Å²) in [6, 6.07) is 2.16. The second-order valence-electron chi connectivity index (χ2n) is 5.99. The lowest BCUT2D eigenvalue weighted by molar-refractivity contribution is 0.252. The lowest BCUT2D eigenvalue weighted by Gasteiger charge is -2.27. The molecule has 0 aliphatic carbocycles. The van der Waals surface area contributed by atoms with E-state index in [4.69, 9.17) is 0 Å². The molecule has 1 unspecified atom stereocenters. The molecule has 0 saturated carbocycles. The molecule has 0 aromatic carbocycles. The number of hydrogen-bond donors (Lipinski definition) is 1. The Morgan fingerprint density at radius 3 is 2.59 bits per heavy atom. The summed E-state index contributed by atoms with van der Waals surface area (Å²) in [4.78, 5) is 0. The molecule has 3 heteroatoms. The maximum atomic E-state index is 4.45. The van der Waals surface area contributed by atoms with E-state index in [1.54, 1.807) is 0 Å². The van der Waals surface area contributed by atoms with Crippen LogP contribution in [0.2, 0.25) is 0 Å². The van der Waals surface area contributed by atoms with Crippen LogP contribution in [0.5, 0.6) is 0 Å². The lowest BCUT2D eigenvalue weighted by Crippen LogP contribution is -2.30. The Labute approximate surface area is 106 Å². The quantitative estimate of drug-likeness (QED) is 0.853. The van der Waals surface area contributed by atoms with Crippen LogP contribution in [-0.2, 0) is 13.1 Å². The van der Waals surface area contributed by atoms with Gasteiger partial charge < -0.3 is 5.32 Å². The molecule has 1 aromatic heterocycles. The number of nitrogens with one attached hydrogen (secondary N) is 1. The molecular formula is C14H27N3. The maximum Gasteiger partial charge on any atom is 0.0597 e. The van der Waals surface area contributed by atoms with E-state index in [9.17, 15) is 0 Å². The first-order chi connectivity index (χ1) is 7.84. The number of rotatable bonds is 5. The minimum Gasteiger partial charge on any atom is -0.311 e. The zero-order valence-electron chi connectivity index (χ0n) is 12.2. The molecule has 1 heterocycles. The number of nitrogens with zero attached hydrogens (tertiary/aromatic N) is 2. The fraction of sp³-hybridized carbons (Fsp3) is 0.786. The normalized spacial score (nSPS) is 14.0. The van der Waals surface area contributed by atoms with Crippen LogP contribution in [0.3, 0.4) is 0 Å². The highest BCUT2D eigenvalue weighted by atomic mass is 15.3. The Balaban J connectivity index is 2.46. The number of aryl methyl sites for hydroxylation is 2. The third kappa shape index (κ3) is 4.15. The Hall–Kier alpha value is -0.830. The molecule has 98 valence electrons. The van der Waals surface area contributed by atoms with Crippen molar-refractivity contribution in [3.63, 3.8) is 0 Å². The van der Waals surface area contributed by atoms with Crippen molar-refractivity contribution >= 4 is 0 Å². The summed E-state index contributed by atoms with van der Waals surface area (Å²) in [5.74, 6) is 0.668. The van der Waals surface area contributed by atoms with E-state index in [1.165, 1.54) is 5.69 Å². The van der Waals surface area contributed by atoms with Gasteiger partial charge in [0.15, 0.2) is 0 Å². The van der Waals surface area contributed by atoms with E-state index in [-0.39, 0.29) is 0 Å². The van der Waals surface area contributed by atoms with Gasteiger partial charge in [-0.1, -0.05) is 27.7 Å². The lowest BCUT2D eigenvalue weighted by atomic mass is 9.82. The van der Waals surface area contributed by atoms with Crippen molar-refractivity contribution in [2.24, 2.45) is 11.3 Å². The van der Waals surface area contributed by atoms with Gasteiger partial charge in [-0.3, -0.25) is 4.68 Å². The van der Waals surface area contributed by atoms with Gasteiger partial charge in [0, 0.05) is 13.1 Å². The van der Waals surface area contributed by atoms with Crippen molar-refractivity contribution in [1.82, 2.24) is 15.1 Å². The molecule has 0 amide bonds. The minimum atomic E-state index is 0.369. The Morgan fingerprint density at radius 1 is 1.41 bits per heavy atom. The van der Waals surface area contributed by atoms with Gasteiger partial charge in [-0.15, -0.1) is 0 Å². The number of aromatic nitrogens is 2. The van der Waals surface area contributed by atoms with E-state index >= 15 is 0 Å². The highest BCUT2D eigenvalue weighted by molar-refractivity contribution is 5.08. The summed E-state index contributed by atoms with van der Waals surface area (Å²) in [6.07, 6.45) is 0. The fourth-order valence-electron chi connectivity index (χ4n) is 1.74. The smallest absolute Gasteiger partial charge is 0.0597 e. The highest BCUT2D eigenvalue weighted by Crippen LogP contribution is 2.24. The Bertz CT molecular complexity index is 347. The summed E-state index contributed by atoms with van der Waals surface area (Å²) in [5.41, 5.74) is 2.76. The summed E-state index contributed by atoms with van der Waals surface area (Å²) >= 11 is 0. The molecule has 17 heavy (non-hydrogen) atoms. The second kappa shape index (κ2) is 5.67. The van der Waals surface area contributed by atoms with Crippen molar-refractivity contribution in [1.29, 1.82) is 0 Å². The topological polar surface area (TPSA) is 29.9 Å². The van der Waals surface area contributed by atoms with Gasteiger partial charge in [0.2, 0.25) is 0 Å². The van der Waals surface area contributed by atoms with Crippen molar-refractivity contribution in [3.8, 4) is 0 Å². The van der Waals surface area contributed by atoms with Crippen LogP contribution in [0.4, 0.5) is 0 Å². The van der Waals surface area contributed by atoms with Crippen molar-refractivity contribution in [2.75, 3.05) is 6.54 Å². The van der Waals surface area contributed by atoms with E-state index in [0.717, 1.165) is 25.3 Å². The molecule has 0 fully saturated rings. The van der Waals surface area contributed by atoms with Crippen LogP contribution < -0.4 is 5.32 Å². The van der Waals surface area contributed by atoms with E-state index in [0.29, 0.717) is 11.3 Å². The molecule has 1 aromatic rings. The van der Waals surface area contributed by atoms with Gasteiger partial charge in [-0.2, -0.15) is 5.10 Å². The Morgan fingerprint density at radius 2 is 2.06 bits per heavy atom. The zero-order chi connectivity index (χ0) is 13.1. The second-order valence-corrected chi connectivity index (χ2v) is 5.99. The van der Waals surface area contributed by atoms with Crippen molar-refractivity contribution in [3.05, 3.63) is 17.5 Å². The molecule has 0 spiro atoms. The van der Waals surface area contributed by atoms with E-state index in [1.807, 2.05) is 6.92 Å².